The van der Waals surface area contributed by atoms with Gasteiger partial charge in [-0.2, -0.15) is 0 Å². The molecule has 1 aromatic heterocycles. The van der Waals surface area contributed by atoms with E-state index in [0.29, 0.717) is 23.3 Å². The number of rotatable bonds is 4. The average molecular weight is 375 g/mol. The van der Waals surface area contributed by atoms with Gasteiger partial charge in [0.15, 0.2) is 11.5 Å². The number of likely N-dealkylation sites (tertiary alicyclic amines) is 1. The van der Waals surface area contributed by atoms with E-state index in [2.05, 4.69) is 18.8 Å². The first-order valence-electron chi connectivity index (χ1n) is 8.92. The number of carbonyl (C=O) groups is 1. The lowest BCUT2D eigenvalue weighted by molar-refractivity contribution is 0.0627. The summed E-state index contributed by atoms with van der Waals surface area (Å²) in [7, 11) is 3.23. The molecule has 3 rings (SSSR count). The summed E-state index contributed by atoms with van der Waals surface area (Å²) < 4.78 is 10.7. The number of methoxy groups -OCH3 is 2. The minimum absolute atomic E-state index is 0.102. The Balaban J connectivity index is 1.88. The van der Waals surface area contributed by atoms with E-state index in [4.69, 9.17) is 9.47 Å². The molecule has 1 saturated heterocycles. The van der Waals surface area contributed by atoms with Gasteiger partial charge in [0.1, 0.15) is 9.88 Å². The van der Waals surface area contributed by atoms with Crippen molar-refractivity contribution in [1.82, 2.24) is 9.88 Å². The van der Waals surface area contributed by atoms with Gasteiger partial charge in [-0.05, 0) is 43.4 Å². The Morgan fingerprint density at radius 2 is 1.81 bits per heavy atom. The molecule has 0 spiro atoms. The van der Waals surface area contributed by atoms with Crippen molar-refractivity contribution in [1.29, 1.82) is 0 Å². The van der Waals surface area contributed by atoms with Gasteiger partial charge in [-0.1, -0.05) is 13.8 Å². The van der Waals surface area contributed by atoms with Crippen LogP contribution in [0.25, 0.3) is 10.6 Å². The highest BCUT2D eigenvalue weighted by Crippen LogP contribution is 2.35. The van der Waals surface area contributed by atoms with Gasteiger partial charge in [0.2, 0.25) is 0 Å². The first-order valence-corrected chi connectivity index (χ1v) is 9.73. The summed E-state index contributed by atoms with van der Waals surface area (Å²) in [5, 5.41) is 0.824. The fourth-order valence-electron chi connectivity index (χ4n) is 3.66. The van der Waals surface area contributed by atoms with Gasteiger partial charge < -0.3 is 14.4 Å². The maximum Gasteiger partial charge on any atom is 0.265 e. The number of hydrogen-bond acceptors (Lipinski definition) is 5. The number of aromatic nitrogens is 1. The molecular formula is C20H26N2O3S. The van der Waals surface area contributed by atoms with Crippen LogP contribution in [0.15, 0.2) is 18.2 Å². The van der Waals surface area contributed by atoms with E-state index in [-0.39, 0.29) is 5.91 Å². The summed E-state index contributed by atoms with van der Waals surface area (Å²) in [6, 6.07) is 5.70. The summed E-state index contributed by atoms with van der Waals surface area (Å²) in [6.07, 6.45) is 1.18. The van der Waals surface area contributed by atoms with Crippen LogP contribution in [0, 0.1) is 18.8 Å². The molecule has 1 aliphatic rings. The predicted molar refractivity (Wildman–Crippen MR) is 104 cm³/mol. The Hall–Kier alpha value is -2.08. The summed E-state index contributed by atoms with van der Waals surface area (Å²) >= 11 is 1.45. The molecule has 2 unspecified atom stereocenters. The third-order valence-corrected chi connectivity index (χ3v) is 5.97. The minimum Gasteiger partial charge on any atom is -0.493 e. The average Bonchev–Trinajstić information content (AvgIpc) is 3.01. The molecule has 140 valence electrons. The third-order valence-electron chi connectivity index (χ3n) is 4.78. The van der Waals surface area contributed by atoms with Crippen LogP contribution in [0.2, 0.25) is 0 Å². The molecule has 2 aromatic rings. The number of carbonyl (C=O) groups excluding carboxylic acids is 1. The SMILES string of the molecule is COc1ccc(-c2nc(C)c(C(=O)N3CC(C)CC(C)C3)s2)cc1OC. The predicted octanol–water partition coefficient (Wildman–Crippen LogP) is 4.25. The maximum atomic E-state index is 13.0. The highest BCUT2D eigenvalue weighted by Gasteiger charge is 2.28. The van der Waals surface area contributed by atoms with Crippen molar-refractivity contribution in [3.63, 3.8) is 0 Å². The van der Waals surface area contributed by atoms with Crippen LogP contribution >= 0.6 is 11.3 Å². The van der Waals surface area contributed by atoms with Crippen molar-refractivity contribution >= 4 is 17.2 Å². The normalized spacial score (nSPS) is 20.1. The van der Waals surface area contributed by atoms with E-state index in [9.17, 15) is 4.79 Å². The molecule has 1 amide bonds. The van der Waals surface area contributed by atoms with E-state index in [1.54, 1.807) is 14.2 Å². The number of aryl methyl sites for hydroxylation is 1. The summed E-state index contributed by atoms with van der Waals surface area (Å²) in [5.41, 5.74) is 1.71. The van der Waals surface area contributed by atoms with Crippen molar-refractivity contribution < 1.29 is 14.3 Å². The molecule has 1 aromatic carbocycles. The van der Waals surface area contributed by atoms with Crippen LogP contribution in [0.5, 0.6) is 11.5 Å². The van der Waals surface area contributed by atoms with E-state index in [1.807, 2.05) is 30.0 Å². The smallest absolute Gasteiger partial charge is 0.265 e. The van der Waals surface area contributed by atoms with Gasteiger partial charge in [-0.3, -0.25) is 4.79 Å². The van der Waals surface area contributed by atoms with Gasteiger partial charge in [0.25, 0.3) is 5.91 Å². The number of ether oxygens (including phenoxy) is 2. The lowest BCUT2D eigenvalue weighted by atomic mass is 9.92. The van der Waals surface area contributed by atoms with E-state index >= 15 is 0 Å². The second-order valence-electron chi connectivity index (χ2n) is 7.16. The van der Waals surface area contributed by atoms with Crippen LogP contribution in [0.1, 0.15) is 35.6 Å². The minimum atomic E-state index is 0.102. The van der Waals surface area contributed by atoms with Crippen LogP contribution in [-0.4, -0.2) is 43.1 Å². The largest absolute Gasteiger partial charge is 0.493 e. The zero-order valence-corrected chi connectivity index (χ0v) is 16.9. The molecule has 0 bridgehead atoms. The number of thiazole rings is 1. The molecule has 0 N–H and O–H groups in total. The Bertz CT molecular complexity index is 792. The lowest BCUT2D eigenvalue weighted by Gasteiger charge is -2.34. The molecule has 2 atom stereocenters. The number of nitrogens with zero attached hydrogens (tertiary/aromatic N) is 2. The van der Waals surface area contributed by atoms with Crippen LogP contribution in [-0.2, 0) is 0 Å². The third kappa shape index (κ3) is 3.70. The number of hydrogen-bond donors (Lipinski definition) is 0. The lowest BCUT2D eigenvalue weighted by Crippen LogP contribution is -2.42. The second kappa shape index (κ2) is 7.66. The molecule has 6 heteroatoms. The fraction of sp³-hybridized carbons (Fsp3) is 0.500. The number of benzene rings is 1. The molecule has 0 saturated carbocycles. The van der Waals surface area contributed by atoms with Crippen molar-refractivity contribution in [3.8, 4) is 22.1 Å². The molecule has 5 nitrogen and oxygen atoms in total. The molecular weight excluding hydrogens is 348 g/mol. The van der Waals surface area contributed by atoms with Gasteiger partial charge in [-0.25, -0.2) is 4.98 Å². The molecule has 26 heavy (non-hydrogen) atoms. The van der Waals surface area contributed by atoms with Crippen LogP contribution in [0.4, 0.5) is 0 Å². The van der Waals surface area contributed by atoms with E-state index in [0.717, 1.165) is 34.2 Å². The topological polar surface area (TPSA) is 51.7 Å². The van der Waals surface area contributed by atoms with Gasteiger partial charge in [0, 0.05) is 18.7 Å². The Morgan fingerprint density at radius 3 is 2.42 bits per heavy atom. The van der Waals surface area contributed by atoms with Crippen LogP contribution < -0.4 is 9.47 Å². The zero-order chi connectivity index (χ0) is 18.8. The standard InChI is InChI=1S/C20H26N2O3S/c1-12-8-13(2)11-22(10-12)20(23)18-14(3)21-19(26-18)15-6-7-16(24-4)17(9-15)25-5/h6-7,9,12-13H,8,10-11H2,1-5H3. The first-order chi connectivity index (χ1) is 12.4. The van der Waals surface area contributed by atoms with Gasteiger partial charge in [-0.15, -0.1) is 11.3 Å². The highest BCUT2D eigenvalue weighted by atomic mass is 32.1. The monoisotopic (exact) mass is 374 g/mol. The van der Waals surface area contributed by atoms with Crippen LogP contribution in [0.3, 0.4) is 0 Å². The first kappa shape index (κ1) is 18.7. The number of piperidine rings is 1. The Labute approximate surface area is 159 Å². The summed E-state index contributed by atoms with van der Waals surface area (Å²) in [6.45, 7) is 7.98. The Morgan fingerprint density at radius 1 is 1.15 bits per heavy atom. The van der Waals surface area contributed by atoms with Gasteiger partial charge >= 0.3 is 0 Å². The molecule has 1 fully saturated rings. The second-order valence-corrected chi connectivity index (χ2v) is 8.16. The molecule has 1 aliphatic heterocycles. The molecule has 0 aliphatic carbocycles. The summed E-state index contributed by atoms with van der Waals surface area (Å²) in [4.78, 5) is 20.4. The summed E-state index contributed by atoms with van der Waals surface area (Å²) in [5.74, 6) is 2.52. The van der Waals surface area contributed by atoms with Gasteiger partial charge in [0.05, 0.1) is 19.9 Å². The number of amides is 1. The van der Waals surface area contributed by atoms with Crippen molar-refractivity contribution in [2.24, 2.45) is 11.8 Å². The molecule has 2 heterocycles. The van der Waals surface area contributed by atoms with E-state index in [1.165, 1.54) is 17.8 Å². The quantitative estimate of drug-likeness (QED) is 0.803. The van der Waals surface area contributed by atoms with E-state index < -0.39 is 0 Å². The highest BCUT2D eigenvalue weighted by molar-refractivity contribution is 7.17. The zero-order valence-electron chi connectivity index (χ0n) is 16.0. The Kier molecular flexibility index (Phi) is 5.51. The van der Waals surface area contributed by atoms with Crippen molar-refractivity contribution in [2.75, 3.05) is 27.3 Å². The van der Waals surface area contributed by atoms with Crippen molar-refractivity contribution in [3.05, 3.63) is 28.8 Å². The maximum absolute atomic E-state index is 13.0. The molecule has 0 radical (unpaired) electrons. The van der Waals surface area contributed by atoms with Crippen molar-refractivity contribution in [2.45, 2.75) is 27.2 Å². The fourth-order valence-corrected chi connectivity index (χ4v) is 4.69.